The molecule has 1 saturated heterocycles. The Morgan fingerprint density at radius 2 is 1.52 bits per heavy atom. The van der Waals surface area contributed by atoms with Gasteiger partial charge in [0, 0.05) is 68.0 Å². The lowest BCUT2D eigenvalue weighted by molar-refractivity contribution is 0.104. The lowest BCUT2D eigenvalue weighted by atomic mass is 10.0. The maximum Gasteiger partial charge on any atom is 0.130 e. The van der Waals surface area contributed by atoms with E-state index in [1.165, 1.54) is 5.56 Å². The Balaban J connectivity index is 1.38. The lowest BCUT2D eigenvalue weighted by Gasteiger charge is -2.36. The minimum Gasteiger partial charge on any atom is -0.372 e. The van der Waals surface area contributed by atoms with Crippen molar-refractivity contribution in [2.45, 2.75) is 52.9 Å². The van der Waals surface area contributed by atoms with Crippen LogP contribution in [0.2, 0.25) is 0 Å². The fraction of sp³-hybridized carbons (Fsp3) is 0.364. The normalized spacial score (nSPS) is 15.0. The molecule has 0 saturated carbocycles. The summed E-state index contributed by atoms with van der Waals surface area (Å²) < 4.78 is 0. The molecule has 0 atom stereocenters. The highest BCUT2D eigenvalue weighted by molar-refractivity contribution is 5.76. The molecule has 5 rings (SSSR count). The molecule has 2 N–H and O–H groups in total. The highest BCUT2D eigenvalue weighted by atomic mass is 16.3. The molecule has 7 heteroatoms. The van der Waals surface area contributed by atoms with Gasteiger partial charge in [0.25, 0.3) is 0 Å². The Morgan fingerprint density at radius 1 is 0.825 bits per heavy atom. The van der Waals surface area contributed by atoms with Crippen LogP contribution >= 0.6 is 0 Å². The number of nitrogens with one attached hydrogen (secondary N) is 1. The number of nitrogens with zero attached hydrogens (tertiary/aromatic N) is 5. The predicted octanol–water partition coefficient (Wildman–Crippen LogP) is 5.85. The number of hydrogen-bond acceptors (Lipinski definition) is 7. The highest BCUT2D eigenvalue weighted by Crippen LogP contribution is 2.30. The molecule has 1 fully saturated rings. The Hall–Kier alpha value is -3.65. The van der Waals surface area contributed by atoms with Crippen LogP contribution in [0.15, 0.2) is 73.1 Å². The SMILES string of the molecule is Cc1cccc(-c2cc(-c3cncc(-c4ccc(CN5CCN(C(C)C)CC5)cc4)c3)cc(NC(C)(C)O)n2)n1. The fourth-order valence-corrected chi connectivity index (χ4v) is 5.15. The number of rotatable bonds is 8. The summed E-state index contributed by atoms with van der Waals surface area (Å²) >= 11 is 0. The third kappa shape index (κ3) is 7.10. The van der Waals surface area contributed by atoms with Gasteiger partial charge < -0.3 is 10.4 Å². The van der Waals surface area contributed by atoms with Crippen molar-refractivity contribution in [2.24, 2.45) is 0 Å². The number of pyridine rings is 3. The van der Waals surface area contributed by atoms with Gasteiger partial charge in [0.1, 0.15) is 11.5 Å². The minimum absolute atomic E-state index is 0.576. The van der Waals surface area contributed by atoms with E-state index in [0.717, 1.165) is 72.1 Å². The van der Waals surface area contributed by atoms with Crippen LogP contribution in [0.25, 0.3) is 33.6 Å². The Morgan fingerprint density at radius 3 is 2.17 bits per heavy atom. The van der Waals surface area contributed by atoms with Crippen molar-refractivity contribution >= 4 is 5.82 Å². The molecule has 0 amide bonds. The second-order valence-corrected chi connectivity index (χ2v) is 11.5. The average Bonchev–Trinajstić information content (AvgIpc) is 2.93. The summed E-state index contributed by atoms with van der Waals surface area (Å²) in [6.45, 7) is 15.4. The van der Waals surface area contributed by atoms with Gasteiger partial charge in [0.15, 0.2) is 0 Å². The molecule has 0 radical (unpaired) electrons. The number of benzene rings is 1. The zero-order valence-corrected chi connectivity index (χ0v) is 24.2. The zero-order chi connectivity index (χ0) is 28.3. The minimum atomic E-state index is -1.12. The van der Waals surface area contributed by atoms with Gasteiger partial charge >= 0.3 is 0 Å². The van der Waals surface area contributed by atoms with Crippen molar-refractivity contribution in [3.8, 4) is 33.6 Å². The average molecular weight is 537 g/mol. The van der Waals surface area contributed by atoms with Crippen LogP contribution in [0.1, 0.15) is 39.0 Å². The van der Waals surface area contributed by atoms with Gasteiger partial charge in [-0.1, -0.05) is 30.3 Å². The van der Waals surface area contributed by atoms with Gasteiger partial charge in [-0.2, -0.15) is 0 Å². The summed E-state index contributed by atoms with van der Waals surface area (Å²) in [4.78, 5) is 19.1. The van der Waals surface area contributed by atoms with E-state index in [9.17, 15) is 5.11 Å². The third-order valence-corrected chi connectivity index (χ3v) is 7.31. The molecule has 3 aromatic heterocycles. The van der Waals surface area contributed by atoms with E-state index in [1.807, 2.05) is 49.6 Å². The van der Waals surface area contributed by atoms with E-state index in [1.54, 1.807) is 13.8 Å². The van der Waals surface area contributed by atoms with E-state index in [0.29, 0.717) is 11.9 Å². The van der Waals surface area contributed by atoms with Crippen LogP contribution in [-0.4, -0.2) is 67.8 Å². The van der Waals surface area contributed by atoms with Crippen molar-refractivity contribution in [2.75, 3.05) is 31.5 Å². The molecule has 0 spiro atoms. The maximum absolute atomic E-state index is 10.4. The van der Waals surface area contributed by atoms with E-state index in [-0.39, 0.29) is 0 Å². The van der Waals surface area contributed by atoms with Crippen molar-refractivity contribution < 1.29 is 5.11 Å². The molecule has 0 unspecified atom stereocenters. The van der Waals surface area contributed by atoms with Crippen LogP contribution in [0.3, 0.4) is 0 Å². The van der Waals surface area contributed by atoms with E-state index < -0.39 is 5.72 Å². The molecular formula is C33H40N6O. The molecule has 4 heterocycles. The number of aliphatic hydroxyl groups is 1. The molecular weight excluding hydrogens is 496 g/mol. The largest absolute Gasteiger partial charge is 0.372 e. The van der Waals surface area contributed by atoms with Crippen molar-refractivity contribution in [3.05, 3.63) is 84.3 Å². The molecule has 7 nitrogen and oxygen atoms in total. The van der Waals surface area contributed by atoms with Gasteiger partial charge in [-0.15, -0.1) is 0 Å². The van der Waals surface area contributed by atoms with Crippen LogP contribution in [0, 0.1) is 6.92 Å². The number of hydrogen-bond donors (Lipinski definition) is 2. The van der Waals surface area contributed by atoms with Crippen molar-refractivity contribution in [1.29, 1.82) is 0 Å². The first kappa shape index (κ1) is 27.9. The topological polar surface area (TPSA) is 77.4 Å². The van der Waals surface area contributed by atoms with Crippen LogP contribution < -0.4 is 5.32 Å². The summed E-state index contributed by atoms with van der Waals surface area (Å²) in [6, 6.07) is 21.5. The van der Waals surface area contributed by atoms with Gasteiger partial charge in [-0.3, -0.25) is 19.8 Å². The second-order valence-electron chi connectivity index (χ2n) is 11.5. The Bertz CT molecular complexity index is 1440. The third-order valence-electron chi connectivity index (χ3n) is 7.31. The second kappa shape index (κ2) is 11.8. The molecule has 0 bridgehead atoms. The molecule has 208 valence electrons. The summed E-state index contributed by atoms with van der Waals surface area (Å²) in [5, 5.41) is 13.5. The maximum atomic E-state index is 10.4. The van der Waals surface area contributed by atoms with Crippen LogP contribution in [0.5, 0.6) is 0 Å². The van der Waals surface area contributed by atoms with Crippen molar-refractivity contribution in [3.63, 3.8) is 0 Å². The van der Waals surface area contributed by atoms with E-state index >= 15 is 0 Å². The predicted molar refractivity (Wildman–Crippen MR) is 163 cm³/mol. The Labute approximate surface area is 237 Å². The first-order valence-electron chi connectivity index (χ1n) is 14.1. The standard InChI is InChI=1S/C33H40N6O/c1-23(2)39-15-13-38(14-16-39)22-25-9-11-26(12-10-25)28-17-29(21-34-20-28)27-18-31(30-8-6-7-24(3)35-30)36-32(19-27)37-33(4,5)40/h6-12,17-21,23,40H,13-16,22H2,1-5H3,(H,36,37). The molecule has 4 aromatic rings. The summed E-state index contributed by atoms with van der Waals surface area (Å²) in [5.41, 5.74) is 6.76. The molecule has 1 aromatic carbocycles. The van der Waals surface area contributed by atoms with Crippen LogP contribution in [-0.2, 0) is 6.54 Å². The Kier molecular flexibility index (Phi) is 8.26. The van der Waals surface area contributed by atoms with E-state index in [2.05, 4.69) is 69.3 Å². The fourth-order valence-electron chi connectivity index (χ4n) is 5.15. The smallest absolute Gasteiger partial charge is 0.130 e. The van der Waals surface area contributed by atoms with Gasteiger partial charge in [-0.25, -0.2) is 4.98 Å². The van der Waals surface area contributed by atoms with E-state index in [4.69, 9.17) is 4.98 Å². The molecule has 40 heavy (non-hydrogen) atoms. The zero-order valence-electron chi connectivity index (χ0n) is 24.2. The summed E-state index contributed by atoms with van der Waals surface area (Å²) in [6.07, 6.45) is 3.77. The molecule has 1 aliphatic heterocycles. The first-order valence-corrected chi connectivity index (χ1v) is 14.1. The highest BCUT2D eigenvalue weighted by Gasteiger charge is 2.19. The quantitative estimate of drug-likeness (QED) is 0.274. The molecule has 0 aliphatic carbocycles. The van der Waals surface area contributed by atoms with Crippen molar-refractivity contribution in [1.82, 2.24) is 24.8 Å². The van der Waals surface area contributed by atoms with Gasteiger partial charge in [-0.05, 0) is 81.6 Å². The molecule has 1 aliphatic rings. The first-order chi connectivity index (χ1) is 19.1. The van der Waals surface area contributed by atoms with Crippen LogP contribution in [0.4, 0.5) is 5.82 Å². The number of aryl methyl sites for hydroxylation is 1. The lowest BCUT2D eigenvalue weighted by Crippen LogP contribution is -2.48. The monoisotopic (exact) mass is 536 g/mol. The number of piperazine rings is 1. The number of aromatic nitrogens is 3. The summed E-state index contributed by atoms with van der Waals surface area (Å²) in [5.74, 6) is 0.576. The summed E-state index contributed by atoms with van der Waals surface area (Å²) in [7, 11) is 0. The van der Waals surface area contributed by atoms with Gasteiger partial charge in [0.2, 0.25) is 0 Å². The van der Waals surface area contributed by atoms with Gasteiger partial charge in [0.05, 0.1) is 11.4 Å². The number of anilines is 1.